The molecule has 2 aromatic heterocycles. The Morgan fingerprint density at radius 3 is 2.71 bits per heavy atom. The second-order valence-electron chi connectivity index (χ2n) is 5.59. The summed E-state index contributed by atoms with van der Waals surface area (Å²) in [6.07, 6.45) is -3.34. The standard InChI is InChI=1S/C16H10ClF3N4O3S/c17-10-1-2-11(12(6-10)24(26)27)21-15(25)13-5-9(8-28-13)7-23-4-3-14(22-23)16(18,19)20/h1-6,8H,7H2,(H,21,25). The van der Waals surface area contributed by atoms with Crippen molar-refractivity contribution in [3.63, 3.8) is 0 Å². The third-order valence-corrected chi connectivity index (χ3v) is 4.77. The number of carbonyl (C=O) groups excluding carboxylic acids is 1. The third-order valence-electron chi connectivity index (χ3n) is 3.56. The van der Waals surface area contributed by atoms with Crippen molar-refractivity contribution in [3.05, 3.63) is 73.2 Å². The molecule has 0 aliphatic heterocycles. The highest BCUT2D eigenvalue weighted by Crippen LogP contribution is 2.29. The molecular formula is C16H10ClF3N4O3S. The van der Waals surface area contributed by atoms with Gasteiger partial charge < -0.3 is 5.32 Å². The summed E-state index contributed by atoms with van der Waals surface area (Å²) < 4.78 is 38.9. The molecule has 0 radical (unpaired) electrons. The van der Waals surface area contributed by atoms with E-state index >= 15 is 0 Å². The van der Waals surface area contributed by atoms with Crippen molar-refractivity contribution in [2.45, 2.75) is 12.7 Å². The number of carbonyl (C=O) groups is 1. The van der Waals surface area contributed by atoms with Gasteiger partial charge in [-0.2, -0.15) is 18.3 Å². The SMILES string of the molecule is O=C(Nc1ccc(Cl)cc1[N+](=O)[O-])c1cc(Cn2ccc(C(F)(F)F)n2)cs1. The Kier molecular flexibility index (Phi) is 5.38. The fraction of sp³-hybridized carbons (Fsp3) is 0.125. The molecule has 0 unspecified atom stereocenters. The summed E-state index contributed by atoms with van der Waals surface area (Å²) in [6, 6.07) is 6.18. The van der Waals surface area contributed by atoms with Gasteiger partial charge in [-0.25, -0.2) is 0 Å². The van der Waals surface area contributed by atoms with Crippen LogP contribution < -0.4 is 5.32 Å². The van der Waals surface area contributed by atoms with Crippen molar-refractivity contribution in [1.82, 2.24) is 9.78 Å². The van der Waals surface area contributed by atoms with E-state index in [1.54, 1.807) is 5.38 Å². The summed E-state index contributed by atoms with van der Waals surface area (Å²) in [5.74, 6) is -0.585. The first kappa shape index (κ1) is 19.8. The molecule has 1 amide bonds. The number of amides is 1. The van der Waals surface area contributed by atoms with Gasteiger partial charge in [0.1, 0.15) is 5.69 Å². The molecule has 2 heterocycles. The van der Waals surface area contributed by atoms with E-state index in [4.69, 9.17) is 11.6 Å². The number of nitrogens with zero attached hydrogens (tertiary/aromatic N) is 3. The molecule has 28 heavy (non-hydrogen) atoms. The lowest BCUT2D eigenvalue weighted by Gasteiger charge is -2.05. The van der Waals surface area contributed by atoms with Gasteiger partial charge in [-0.15, -0.1) is 11.3 Å². The van der Waals surface area contributed by atoms with Gasteiger partial charge in [0.05, 0.1) is 16.3 Å². The largest absolute Gasteiger partial charge is 0.435 e. The normalized spacial score (nSPS) is 11.4. The average molecular weight is 431 g/mol. The van der Waals surface area contributed by atoms with Gasteiger partial charge in [0.25, 0.3) is 11.6 Å². The molecule has 146 valence electrons. The van der Waals surface area contributed by atoms with Crippen molar-refractivity contribution in [2.75, 3.05) is 5.32 Å². The second-order valence-corrected chi connectivity index (χ2v) is 6.94. The molecule has 1 aromatic carbocycles. The van der Waals surface area contributed by atoms with Gasteiger partial charge in [0.2, 0.25) is 0 Å². The monoisotopic (exact) mass is 430 g/mol. The van der Waals surface area contributed by atoms with Crippen LogP contribution in [0, 0.1) is 10.1 Å². The number of hydrogen-bond donors (Lipinski definition) is 1. The zero-order valence-corrected chi connectivity index (χ0v) is 15.3. The zero-order chi connectivity index (χ0) is 20.5. The molecule has 12 heteroatoms. The molecule has 1 N–H and O–H groups in total. The van der Waals surface area contributed by atoms with Crippen molar-refractivity contribution >= 4 is 40.2 Å². The fourth-order valence-electron chi connectivity index (χ4n) is 2.31. The highest BCUT2D eigenvalue weighted by atomic mass is 35.5. The molecule has 0 aliphatic carbocycles. The lowest BCUT2D eigenvalue weighted by molar-refractivity contribution is -0.383. The summed E-state index contributed by atoms with van der Waals surface area (Å²) in [4.78, 5) is 23.0. The van der Waals surface area contributed by atoms with Gasteiger partial charge in [-0.05, 0) is 35.2 Å². The smallest absolute Gasteiger partial charge is 0.316 e. The van der Waals surface area contributed by atoms with Crippen molar-refractivity contribution < 1.29 is 22.9 Å². The lowest BCUT2D eigenvalue weighted by Crippen LogP contribution is -2.11. The molecule has 0 bridgehead atoms. The Bertz CT molecular complexity index is 1050. The quantitative estimate of drug-likeness (QED) is 0.464. The van der Waals surface area contributed by atoms with Crippen LogP contribution in [0.5, 0.6) is 0 Å². The van der Waals surface area contributed by atoms with Crippen LogP contribution in [0.2, 0.25) is 5.02 Å². The van der Waals surface area contributed by atoms with E-state index in [1.807, 2.05) is 0 Å². The maximum atomic E-state index is 12.6. The Hall–Kier alpha value is -2.92. The number of nitrogens with one attached hydrogen (secondary N) is 1. The molecule has 3 aromatic rings. The number of halogens is 4. The van der Waals surface area contributed by atoms with E-state index < -0.39 is 22.7 Å². The topological polar surface area (TPSA) is 90.1 Å². The predicted molar refractivity (Wildman–Crippen MR) is 96.7 cm³/mol. The zero-order valence-electron chi connectivity index (χ0n) is 13.7. The molecule has 3 rings (SSSR count). The summed E-state index contributed by atoms with van der Waals surface area (Å²) in [5.41, 5.74) is -0.807. The van der Waals surface area contributed by atoms with Gasteiger partial charge in [-0.3, -0.25) is 19.6 Å². The second kappa shape index (κ2) is 7.60. The number of anilines is 1. The molecule has 0 aliphatic rings. The first-order valence-corrected chi connectivity index (χ1v) is 8.82. The molecule has 0 saturated heterocycles. The van der Waals surface area contributed by atoms with Crippen LogP contribution in [0.4, 0.5) is 24.5 Å². The summed E-state index contributed by atoms with van der Waals surface area (Å²) in [7, 11) is 0. The first-order chi connectivity index (χ1) is 13.1. The molecule has 7 nitrogen and oxygen atoms in total. The lowest BCUT2D eigenvalue weighted by atomic mass is 10.2. The van der Waals surface area contributed by atoms with E-state index in [2.05, 4.69) is 10.4 Å². The predicted octanol–water partition coefficient (Wildman–Crippen LogP) is 4.83. The fourth-order valence-corrected chi connectivity index (χ4v) is 3.28. The van der Waals surface area contributed by atoms with E-state index in [0.29, 0.717) is 5.56 Å². The Balaban J connectivity index is 1.73. The molecular weight excluding hydrogens is 421 g/mol. The number of benzene rings is 1. The molecule has 0 fully saturated rings. The van der Waals surface area contributed by atoms with Gasteiger partial charge in [0.15, 0.2) is 5.69 Å². The van der Waals surface area contributed by atoms with Crippen LogP contribution in [0.25, 0.3) is 0 Å². The summed E-state index contributed by atoms with van der Waals surface area (Å²) in [5, 5.41) is 18.7. The number of hydrogen-bond acceptors (Lipinski definition) is 5. The van der Waals surface area contributed by atoms with Gasteiger partial charge in [-0.1, -0.05) is 11.6 Å². The molecule has 0 atom stereocenters. The summed E-state index contributed by atoms with van der Waals surface area (Å²) in [6.45, 7) is 0.0426. The van der Waals surface area contributed by atoms with Gasteiger partial charge in [0, 0.05) is 17.3 Å². The minimum absolute atomic E-state index is 0.0174. The van der Waals surface area contributed by atoms with Crippen LogP contribution in [-0.4, -0.2) is 20.6 Å². The third kappa shape index (κ3) is 4.49. The van der Waals surface area contributed by atoms with Crippen molar-refractivity contribution in [3.8, 4) is 0 Å². The highest BCUT2D eigenvalue weighted by Gasteiger charge is 2.33. The van der Waals surface area contributed by atoms with Crippen molar-refractivity contribution in [2.24, 2.45) is 0 Å². The van der Waals surface area contributed by atoms with Crippen LogP contribution in [0.15, 0.2) is 41.9 Å². The highest BCUT2D eigenvalue weighted by molar-refractivity contribution is 7.12. The van der Waals surface area contributed by atoms with Crippen LogP contribution in [-0.2, 0) is 12.7 Å². The van der Waals surface area contributed by atoms with Crippen LogP contribution >= 0.6 is 22.9 Å². The van der Waals surface area contributed by atoms with E-state index in [0.717, 1.165) is 28.2 Å². The number of rotatable bonds is 5. The minimum atomic E-state index is -4.53. The number of thiophene rings is 1. The Morgan fingerprint density at radius 2 is 2.07 bits per heavy atom. The van der Waals surface area contributed by atoms with E-state index in [-0.39, 0.29) is 27.8 Å². The number of alkyl halides is 3. The van der Waals surface area contributed by atoms with E-state index in [1.165, 1.54) is 24.4 Å². The number of nitro benzene ring substituents is 1. The maximum Gasteiger partial charge on any atom is 0.435 e. The minimum Gasteiger partial charge on any atom is -0.316 e. The maximum absolute atomic E-state index is 12.6. The average Bonchev–Trinajstić information content (AvgIpc) is 3.26. The van der Waals surface area contributed by atoms with E-state index in [9.17, 15) is 28.1 Å². The molecule has 0 spiro atoms. The number of nitro groups is 1. The van der Waals surface area contributed by atoms with Crippen LogP contribution in [0.1, 0.15) is 20.9 Å². The first-order valence-electron chi connectivity index (χ1n) is 7.57. The van der Waals surface area contributed by atoms with Gasteiger partial charge >= 0.3 is 6.18 Å². The van der Waals surface area contributed by atoms with Crippen molar-refractivity contribution in [1.29, 1.82) is 0 Å². The number of aromatic nitrogens is 2. The Morgan fingerprint density at radius 1 is 1.32 bits per heavy atom. The summed E-state index contributed by atoms with van der Waals surface area (Å²) >= 11 is 6.79. The molecule has 0 saturated carbocycles. The Labute approximate surface area is 164 Å². The van der Waals surface area contributed by atoms with Crippen LogP contribution in [0.3, 0.4) is 0 Å².